The molecule has 0 fully saturated rings. The van der Waals surface area contributed by atoms with Crippen molar-refractivity contribution in [3.05, 3.63) is 0 Å². The Morgan fingerprint density at radius 1 is 0.789 bits per heavy atom. The topological polar surface area (TPSA) is 49.3 Å². The molecule has 0 aromatic rings. The van der Waals surface area contributed by atoms with Gasteiger partial charge in [-0.2, -0.15) is 0 Å². The molecule has 0 rings (SSSR count). The zero-order valence-electron chi connectivity index (χ0n) is 12.8. The average molecular weight is 271 g/mol. The summed E-state index contributed by atoms with van der Waals surface area (Å²) in [4.78, 5) is 10.3. The van der Waals surface area contributed by atoms with Crippen LogP contribution in [0.4, 0.5) is 0 Å². The first-order valence-electron chi connectivity index (χ1n) is 8.20. The van der Waals surface area contributed by atoms with Crippen molar-refractivity contribution in [3.63, 3.8) is 0 Å². The number of carboxylic acids is 1. The molecule has 0 heterocycles. The Bertz CT molecular complexity index is 195. The lowest BCUT2D eigenvalue weighted by atomic mass is 10.1. The van der Waals surface area contributed by atoms with E-state index in [9.17, 15) is 4.79 Å². The summed E-state index contributed by atoms with van der Waals surface area (Å²) in [5, 5.41) is 11.8. The van der Waals surface area contributed by atoms with Gasteiger partial charge in [-0.3, -0.25) is 4.79 Å². The molecule has 0 aromatic carbocycles. The fourth-order valence-electron chi connectivity index (χ4n) is 2.23. The smallest absolute Gasteiger partial charge is 0.303 e. The molecule has 0 saturated heterocycles. The Labute approximate surface area is 119 Å². The van der Waals surface area contributed by atoms with Gasteiger partial charge < -0.3 is 10.4 Å². The van der Waals surface area contributed by atoms with Crippen LogP contribution >= 0.6 is 0 Å². The molecule has 0 bridgehead atoms. The number of hydrogen-bond donors (Lipinski definition) is 2. The molecule has 0 aliphatic carbocycles. The van der Waals surface area contributed by atoms with Crippen LogP contribution in [0.15, 0.2) is 0 Å². The first kappa shape index (κ1) is 18.4. The monoisotopic (exact) mass is 271 g/mol. The lowest BCUT2D eigenvalue weighted by molar-refractivity contribution is -0.137. The van der Waals surface area contributed by atoms with E-state index >= 15 is 0 Å². The molecular weight excluding hydrogens is 238 g/mol. The summed E-state index contributed by atoms with van der Waals surface area (Å²) in [7, 11) is 0. The maximum Gasteiger partial charge on any atom is 0.303 e. The SMILES string of the molecule is CCCCCCCCCCCCNCCCC(=O)O. The van der Waals surface area contributed by atoms with Gasteiger partial charge >= 0.3 is 5.97 Å². The third-order valence-corrected chi connectivity index (χ3v) is 3.45. The van der Waals surface area contributed by atoms with Crippen molar-refractivity contribution in [2.75, 3.05) is 13.1 Å². The lowest BCUT2D eigenvalue weighted by Crippen LogP contribution is -2.17. The van der Waals surface area contributed by atoms with E-state index < -0.39 is 5.97 Å². The molecule has 2 N–H and O–H groups in total. The van der Waals surface area contributed by atoms with Gasteiger partial charge in [0.05, 0.1) is 0 Å². The first-order valence-corrected chi connectivity index (χ1v) is 8.20. The van der Waals surface area contributed by atoms with E-state index in [1.165, 1.54) is 64.2 Å². The Hall–Kier alpha value is -0.570. The van der Waals surface area contributed by atoms with Gasteiger partial charge in [0.15, 0.2) is 0 Å². The summed E-state index contributed by atoms with van der Waals surface area (Å²) >= 11 is 0. The van der Waals surface area contributed by atoms with Crippen molar-refractivity contribution < 1.29 is 9.90 Å². The predicted molar refractivity (Wildman–Crippen MR) is 81.6 cm³/mol. The zero-order chi connectivity index (χ0) is 14.2. The van der Waals surface area contributed by atoms with Crippen molar-refractivity contribution in [3.8, 4) is 0 Å². The molecule has 0 saturated carbocycles. The summed E-state index contributed by atoms with van der Waals surface area (Å²) < 4.78 is 0. The normalized spacial score (nSPS) is 10.8. The third-order valence-electron chi connectivity index (χ3n) is 3.45. The van der Waals surface area contributed by atoms with Crippen molar-refractivity contribution in [1.82, 2.24) is 5.32 Å². The van der Waals surface area contributed by atoms with Crippen LogP contribution in [-0.4, -0.2) is 24.2 Å². The Balaban J connectivity index is 2.93. The fraction of sp³-hybridized carbons (Fsp3) is 0.938. The van der Waals surface area contributed by atoms with Gasteiger partial charge in [-0.25, -0.2) is 0 Å². The van der Waals surface area contributed by atoms with Crippen molar-refractivity contribution in [2.24, 2.45) is 0 Å². The molecule has 0 aromatic heterocycles. The zero-order valence-corrected chi connectivity index (χ0v) is 12.8. The average Bonchev–Trinajstić information content (AvgIpc) is 2.39. The van der Waals surface area contributed by atoms with Crippen molar-refractivity contribution in [1.29, 1.82) is 0 Å². The van der Waals surface area contributed by atoms with Crippen LogP contribution in [0.3, 0.4) is 0 Å². The molecule has 0 radical (unpaired) electrons. The van der Waals surface area contributed by atoms with Crippen molar-refractivity contribution >= 4 is 5.97 Å². The highest BCUT2D eigenvalue weighted by molar-refractivity contribution is 5.66. The molecule has 0 unspecified atom stereocenters. The molecule has 114 valence electrons. The second-order valence-corrected chi connectivity index (χ2v) is 5.43. The highest BCUT2D eigenvalue weighted by atomic mass is 16.4. The molecule has 0 atom stereocenters. The number of carboxylic acid groups (broad SMARTS) is 1. The van der Waals surface area contributed by atoms with E-state index in [-0.39, 0.29) is 6.42 Å². The summed E-state index contributed by atoms with van der Waals surface area (Å²) in [6.45, 7) is 4.13. The molecule has 0 amide bonds. The molecule has 0 spiro atoms. The molecule has 19 heavy (non-hydrogen) atoms. The standard InChI is InChI=1S/C16H33NO2/c1-2-3-4-5-6-7-8-9-10-11-14-17-15-12-13-16(18)19/h17H,2-15H2,1H3,(H,18,19). The van der Waals surface area contributed by atoms with Crippen LogP contribution in [0.5, 0.6) is 0 Å². The highest BCUT2D eigenvalue weighted by Gasteiger charge is 1.96. The van der Waals surface area contributed by atoms with Gasteiger partial charge in [0.2, 0.25) is 0 Å². The largest absolute Gasteiger partial charge is 0.481 e. The van der Waals surface area contributed by atoms with Gasteiger partial charge in [-0.05, 0) is 25.9 Å². The van der Waals surface area contributed by atoms with E-state index in [1.54, 1.807) is 0 Å². The molecule has 0 aliphatic rings. The van der Waals surface area contributed by atoms with Gasteiger partial charge in [0.25, 0.3) is 0 Å². The van der Waals surface area contributed by atoms with Crippen LogP contribution in [-0.2, 0) is 4.79 Å². The van der Waals surface area contributed by atoms with Crippen LogP contribution < -0.4 is 5.32 Å². The maximum atomic E-state index is 10.3. The number of aliphatic carboxylic acids is 1. The molecule has 3 heteroatoms. The van der Waals surface area contributed by atoms with E-state index in [4.69, 9.17) is 5.11 Å². The predicted octanol–water partition coefficient (Wildman–Crippen LogP) is 4.36. The Morgan fingerprint density at radius 3 is 1.79 bits per heavy atom. The number of hydrogen-bond acceptors (Lipinski definition) is 2. The Kier molecular flexibility index (Phi) is 15.0. The fourth-order valence-corrected chi connectivity index (χ4v) is 2.23. The minimum Gasteiger partial charge on any atom is -0.481 e. The van der Waals surface area contributed by atoms with E-state index in [0.717, 1.165) is 19.5 Å². The molecule has 3 nitrogen and oxygen atoms in total. The van der Waals surface area contributed by atoms with Crippen LogP contribution in [0.25, 0.3) is 0 Å². The van der Waals surface area contributed by atoms with Crippen LogP contribution in [0, 0.1) is 0 Å². The number of carbonyl (C=O) groups is 1. The number of unbranched alkanes of at least 4 members (excludes halogenated alkanes) is 9. The summed E-state index contributed by atoms with van der Waals surface area (Å²) in [6, 6.07) is 0. The van der Waals surface area contributed by atoms with E-state index in [2.05, 4.69) is 12.2 Å². The maximum absolute atomic E-state index is 10.3. The van der Waals surface area contributed by atoms with Crippen LogP contribution in [0.2, 0.25) is 0 Å². The quantitative estimate of drug-likeness (QED) is 0.435. The summed E-state index contributed by atoms with van der Waals surface area (Å²) in [5.41, 5.74) is 0. The van der Waals surface area contributed by atoms with Gasteiger partial charge in [-0.15, -0.1) is 0 Å². The number of rotatable bonds is 15. The minimum atomic E-state index is -0.694. The number of nitrogens with one attached hydrogen (secondary N) is 1. The second-order valence-electron chi connectivity index (χ2n) is 5.43. The Morgan fingerprint density at radius 2 is 1.26 bits per heavy atom. The highest BCUT2D eigenvalue weighted by Crippen LogP contribution is 2.10. The summed E-state index contributed by atoms with van der Waals surface area (Å²) in [5.74, 6) is -0.694. The van der Waals surface area contributed by atoms with Gasteiger partial charge in [0, 0.05) is 6.42 Å². The first-order chi connectivity index (χ1) is 9.27. The third kappa shape index (κ3) is 17.4. The van der Waals surface area contributed by atoms with E-state index in [0.29, 0.717) is 0 Å². The minimum absolute atomic E-state index is 0.283. The van der Waals surface area contributed by atoms with Gasteiger partial charge in [0.1, 0.15) is 0 Å². The second kappa shape index (κ2) is 15.5. The molecular formula is C16H33NO2. The lowest BCUT2D eigenvalue weighted by Gasteiger charge is -2.04. The van der Waals surface area contributed by atoms with Gasteiger partial charge in [-0.1, -0.05) is 64.7 Å². The van der Waals surface area contributed by atoms with Crippen LogP contribution in [0.1, 0.15) is 84.0 Å². The van der Waals surface area contributed by atoms with E-state index in [1.807, 2.05) is 0 Å². The summed E-state index contributed by atoms with van der Waals surface area (Å²) in [6.07, 6.45) is 14.7. The van der Waals surface area contributed by atoms with Crippen molar-refractivity contribution in [2.45, 2.75) is 84.0 Å². The molecule has 0 aliphatic heterocycles.